The van der Waals surface area contributed by atoms with Crippen molar-refractivity contribution in [1.82, 2.24) is 0 Å². The summed E-state index contributed by atoms with van der Waals surface area (Å²) in [5.41, 5.74) is 8.03. The highest BCUT2D eigenvalue weighted by molar-refractivity contribution is 5.85. The maximum atomic E-state index is 5.92. The molecule has 2 aliphatic rings. The van der Waals surface area contributed by atoms with E-state index in [1.54, 1.807) is 0 Å². The van der Waals surface area contributed by atoms with Gasteiger partial charge in [-0.25, -0.2) is 0 Å². The van der Waals surface area contributed by atoms with Gasteiger partial charge < -0.3 is 4.74 Å². The smallest absolute Gasteiger partial charge is 0.292 e. The van der Waals surface area contributed by atoms with Gasteiger partial charge in [-0.2, -0.15) is 4.57 Å². The Morgan fingerprint density at radius 3 is 2.71 bits per heavy atom. The van der Waals surface area contributed by atoms with Crippen molar-refractivity contribution in [2.75, 3.05) is 0 Å². The summed E-state index contributed by atoms with van der Waals surface area (Å²) in [7, 11) is 0. The van der Waals surface area contributed by atoms with Crippen LogP contribution in [-0.2, 0) is 13.2 Å². The number of aromatic nitrogens is 1. The topological polar surface area (TPSA) is 13.1 Å². The first kappa shape index (κ1) is 11.1. The van der Waals surface area contributed by atoms with Crippen LogP contribution in [0.3, 0.4) is 0 Å². The molecule has 2 aromatic carbocycles. The molecule has 0 spiro atoms. The minimum absolute atomic E-state index is 0.611. The lowest BCUT2D eigenvalue weighted by molar-refractivity contribution is -0.717. The molecule has 1 aliphatic carbocycles. The lowest BCUT2D eigenvalue weighted by Crippen LogP contribution is -2.41. The zero-order valence-corrected chi connectivity index (χ0v) is 11.5. The van der Waals surface area contributed by atoms with Crippen LogP contribution < -0.4 is 9.30 Å². The second kappa shape index (κ2) is 3.95. The van der Waals surface area contributed by atoms with Crippen LogP contribution in [0, 0.1) is 0 Å². The lowest BCUT2D eigenvalue weighted by atomic mass is 9.95. The molecule has 0 saturated carbocycles. The highest BCUT2D eigenvalue weighted by Crippen LogP contribution is 2.46. The van der Waals surface area contributed by atoms with E-state index in [1.807, 2.05) is 0 Å². The minimum atomic E-state index is 0.611. The van der Waals surface area contributed by atoms with Gasteiger partial charge in [0.2, 0.25) is 5.69 Å². The molecule has 100 valence electrons. The van der Waals surface area contributed by atoms with Gasteiger partial charge in [-0.3, -0.25) is 0 Å². The van der Waals surface area contributed by atoms with Crippen LogP contribution >= 0.6 is 0 Å². The molecule has 2 nitrogen and oxygen atoms in total. The molecule has 1 aromatic heterocycles. The number of benzene rings is 2. The fourth-order valence-electron chi connectivity index (χ4n) is 3.56. The van der Waals surface area contributed by atoms with Crippen LogP contribution in [0.25, 0.3) is 22.4 Å². The van der Waals surface area contributed by atoms with Crippen molar-refractivity contribution in [1.29, 1.82) is 0 Å². The van der Waals surface area contributed by atoms with Crippen LogP contribution in [0.15, 0.2) is 60.8 Å². The predicted molar refractivity (Wildman–Crippen MR) is 80.9 cm³/mol. The second-order valence-corrected chi connectivity index (χ2v) is 5.63. The molecule has 0 saturated heterocycles. The summed E-state index contributed by atoms with van der Waals surface area (Å²) in [6, 6.07) is 19.3. The predicted octanol–water partition coefficient (Wildman–Crippen LogP) is 3.56. The fraction of sp³-hybridized carbons (Fsp3) is 0.105. The Morgan fingerprint density at radius 2 is 1.81 bits per heavy atom. The molecule has 5 rings (SSSR count). The zero-order valence-electron chi connectivity index (χ0n) is 11.5. The summed E-state index contributed by atoms with van der Waals surface area (Å²) in [6.45, 7) is 0.611. The van der Waals surface area contributed by atoms with E-state index >= 15 is 0 Å². The van der Waals surface area contributed by atoms with Crippen molar-refractivity contribution < 1.29 is 9.30 Å². The van der Waals surface area contributed by atoms with Crippen LogP contribution in [0.2, 0.25) is 0 Å². The Balaban J connectivity index is 1.83. The number of rotatable bonds is 1. The Labute approximate surface area is 123 Å². The molecule has 1 aliphatic heterocycles. The third kappa shape index (κ3) is 1.44. The van der Waals surface area contributed by atoms with E-state index in [2.05, 4.69) is 65.4 Å². The Morgan fingerprint density at radius 1 is 0.905 bits per heavy atom. The van der Waals surface area contributed by atoms with Gasteiger partial charge in [0.15, 0.2) is 6.20 Å². The maximum absolute atomic E-state index is 5.92. The largest absolute Gasteiger partial charge is 0.435 e. The molecule has 0 fully saturated rings. The SMILES string of the molecule is c1ccc(-c2ccc3c4c2Cc2ccc[n+](c2-4)CO3)cc1. The summed E-state index contributed by atoms with van der Waals surface area (Å²) in [4.78, 5) is 0. The standard InChI is InChI=1S/C19H14NO/c1-2-5-13(6-3-1)15-8-9-17-18-16(15)11-14-7-4-10-20(12-21-17)19(14)18/h1-10H,11-12H2/q+1. The summed E-state index contributed by atoms with van der Waals surface area (Å²) in [6.07, 6.45) is 3.10. The van der Waals surface area contributed by atoms with Crippen molar-refractivity contribution in [3.05, 3.63) is 71.9 Å². The first-order valence-electron chi connectivity index (χ1n) is 7.27. The second-order valence-electron chi connectivity index (χ2n) is 5.63. The molecule has 0 N–H and O–H groups in total. The molecule has 0 bridgehead atoms. The van der Waals surface area contributed by atoms with E-state index in [9.17, 15) is 0 Å². The molecule has 0 atom stereocenters. The molecule has 0 unspecified atom stereocenters. The van der Waals surface area contributed by atoms with Gasteiger partial charge in [0, 0.05) is 18.1 Å². The Bertz CT molecular complexity index is 868. The first-order chi connectivity index (χ1) is 10.4. The third-order valence-corrected chi connectivity index (χ3v) is 4.48. The van der Waals surface area contributed by atoms with E-state index in [1.165, 1.54) is 33.5 Å². The van der Waals surface area contributed by atoms with E-state index in [0.717, 1.165) is 12.2 Å². The molecule has 0 radical (unpaired) electrons. The van der Waals surface area contributed by atoms with Gasteiger partial charge in [-0.15, -0.1) is 0 Å². The highest BCUT2D eigenvalue weighted by Gasteiger charge is 2.36. The van der Waals surface area contributed by atoms with Crippen LogP contribution in [0.1, 0.15) is 11.1 Å². The normalized spacial score (nSPS) is 13.7. The first-order valence-corrected chi connectivity index (χ1v) is 7.27. The number of hydrogen-bond donors (Lipinski definition) is 0. The summed E-state index contributed by atoms with van der Waals surface area (Å²) in [5, 5.41) is 0. The molecule has 3 aromatic rings. The third-order valence-electron chi connectivity index (χ3n) is 4.48. The number of pyridine rings is 1. The Kier molecular flexibility index (Phi) is 2.09. The van der Waals surface area contributed by atoms with Crippen LogP contribution in [-0.4, -0.2) is 0 Å². The van der Waals surface area contributed by atoms with Crippen molar-refractivity contribution in [2.45, 2.75) is 13.2 Å². The molecular weight excluding hydrogens is 258 g/mol. The number of nitrogens with zero attached hydrogens (tertiary/aromatic N) is 1. The highest BCUT2D eigenvalue weighted by atomic mass is 16.5. The van der Waals surface area contributed by atoms with E-state index in [0.29, 0.717) is 6.73 Å². The van der Waals surface area contributed by atoms with Gasteiger partial charge in [0.25, 0.3) is 6.73 Å². The van der Waals surface area contributed by atoms with Gasteiger partial charge >= 0.3 is 0 Å². The molecule has 21 heavy (non-hydrogen) atoms. The average molecular weight is 272 g/mol. The van der Waals surface area contributed by atoms with Crippen molar-refractivity contribution in [2.24, 2.45) is 0 Å². The van der Waals surface area contributed by atoms with E-state index in [-0.39, 0.29) is 0 Å². The van der Waals surface area contributed by atoms with Crippen molar-refractivity contribution in [3.63, 3.8) is 0 Å². The van der Waals surface area contributed by atoms with Crippen LogP contribution in [0.5, 0.6) is 5.75 Å². The van der Waals surface area contributed by atoms with Gasteiger partial charge in [-0.1, -0.05) is 36.4 Å². The number of ether oxygens (including phenoxy) is 1. The fourth-order valence-corrected chi connectivity index (χ4v) is 3.56. The maximum Gasteiger partial charge on any atom is 0.292 e. The molecular formula is C19H14NO+. The average Bonchev–Trinajstić information content (AvgIpc) is 2.94. The number of hydrogen-bond acceptors (Lipinski definition) is 1. The molecule has 2 heterocycles. The monoisotopic (exact) mass is 272 g/mol. The summed E-state index contributed by atoms with van der Waals surface area (Å²) in [5.74, 6) is 1.02. The molecule has 2 heteroatoms. The quantitative estimate of drug-likeness (QED) is 0.483. The lowest BCUT2D eigenvalue weighted by Gasteiger charge is -2.16. The summed E-state index contributed by atoms with van der Waals surface area (Å²) >= 11 is 0. The van der Waals surface area contributed by atoms with Gasteiger partial charge in [-0.05, 0) is 28.8 Å². The van der Waals surface area contributed by atoms with Crippen LogP contribution in [0.4, 0.5) is 0 Å². The van der Waals surface area contributed by atoms with Gasteiger partial charge in [0.1, 0.15) is 5.75 Å². The Hall–Kier alpha value is -2.61. The van der Waals surface area contributed by atoms with E-state index in [4.69, 9.17) is 4.74 Å². The van der Waals surface area contributed by atoms with Crippen molar-refractivity contribution in [3.8, 4) is 28.1 Å². The van der Waals surface area contributed by atoms with Crippen molar-refractivity contribution >= 4 is 0 Å². The zero-order chi connectivity index (χ0) is 13.8. The molecule has 0 amide bonds. The van der Waals surface area contributed by atoms with E-state index < -0.39 is 0 Å². The summed E-state index contributed by atoms with van der Waals surface area (Å²) < 4.78 is 8.13. The minimum Gasteiger partial charge on any atom is -0.435 e. The van der Waals surface area contributed by atoms with Gasteiger partial charge in [0.05, 0.1) is 5.56 Å².